The summed E-state index contributed by atoms with van der Waals surface area (Å²) in [6.07, 6.45) is 0. The Morgan fingerprint density at radius 3 is 2.60 bits per heavy atom. The molecule has 0 aromatic heterocycles. The normalized spacial score (nSPS) is 17.3. The van der Waals surface area contributed by atoms with E-state index in [2.05, 4.69) is 0 Å². The third-order valence-electron chi connectivity index (χ3n) is 3.63. The third kappa shape index (κ3) is 2.00. The number of hydrogen-bond acceptors (Lipinski definition) is 3. The number of hydrogen-bond donors (Lipinski definition) is 1. The minimum absolute atomic E-state index is 0.0479. The molecule has 1 N–H and O–H groups in total. The molecule has 0 unspecified atom stereocenters. The zero-order chi connectivity index (χ0) is 14.3. The van der Waals surface area contributed by atoms with E-state index in [1.807, 2.05) is 0 Å². The van der Waals surface area contributed by atoms with E-state index < -0.39 is 15.8 Å². The Bertz CT molecular complexity index is 754. The van der Waals surface area contributed by atoms with Gasteiger partial charge in [-0.2, -0.15) is 4.31 Å². The van der Waals surface area contributed by atoms with Crippen molar-refractivity contribution in [2.45, 2.75) is 4.90 Å². The summed E-state index contributed by atoms with van der Waals surface area (Å²) < 4.78 is 40.3. The first-order chi connectivity index (χ1) is 9.54. The Morgan fingerprint density at radius 1 is 1.20 bits per heavy atom. The molecule has 0 bridgehead atoms. The van der Waals surface area contributed by atoms with E-state index in [0.29, 0.717) is 10.8 Å². The molecule has 1 aliphatic heterocycles. The van der Waals surface area contributed by atoms with Gasteiger partial charge in [0.15, 0.2) is 5.82 Å². The van der Waals surface area contributed by atoms with Crippen molar-refractivity contribution < 1.29 is 17.9 Å². The van der Waals surface area contributed by atoms with Gasteiger partial charge in [0, 0.05) is 31.0 Å². The van der Waals surface area contributed by atoms with E-state index in [9.17, 15) is 12.8 Å². The molecule has 1 aliphatic rings. The second-order valence-electron chi connectivity index (χ2n) is 4.97. The highest BCUT2D eigenvalue weighted by atomic mass is 32.2. The summed E-state index contributed by atoms with van der Waals surface area (Å²) >= 11 is 0. The van der Waals surface area contributed by atoms with Crippen molar-refractivity contribution in [1.29, 1.82) is 0 Å². The quantitative estimate of drug-likeness (QED) is 0.935. The summed E-state index contributed by atoms with van der Waals surface area (Å²) in [6.45, 7) is 0.433. The standard InChI is InChI=1S/C14H14FNO3S/c15-14-12-4-2-1-3-11(12)5-6-13(14)20(18,19)16-7-10(8-16)9-17/h1-6,10,17H,7-9H2. The molecule has 0 saturated carbocycles. The lowest BCUT2D eigenvalue weighted by molar-refractivity contribution is 0.117. The number of nitrogens with zero attached hydrogens (tertiary/aromatic N) is 1. The molecule has 0 spiro atoms. The number of fused-ring (bicyclic) bond motifs is 1. The average Bonchev–Trinajstić information content (AvgIpc) is 2.37. The van der Waals surface area contributed by atoms with Gasteiger partial charge in [0.1, 0.15) is 4.90 Å². The fraction of sp³-hybridized carbons (Fsp3) is 0.286. The SMILES string of the molecule is O=S(=O)(c1ccc2ccccc2c1F)N1CC(CO)C1. The van der Waals surface area contributed by atoms with Gasteiger partial charge in [0.05, 0.1) is 0 Å². The first-order valence-electron chi connectivity index (χ1n) is 6.32. The zero-order valence-corrected chi connectivity index (χ0v) is 11.5. The number of halogens is 1. The largest absolute Gasteiger partial charge is 0.396 e. The number of rotatable bonds is 3. The average molecular weight is 295 g/mol. The molecule has 4 nitrogen and oxygen atoms in total. The lowest BCUT2D eigenvalue weighted by Crippen LogP contribution is -2.51. The van der Waals surface area contributed by atoms with Crippen molar-refractivity contribution in [1.82, 2.24) is 4.31 Å². The van der Waals surface area contributed by atoms with Crippen LogP contribution in [0.3, 0.4) is 0 Å². The summed E-state index contributed by atoms with van der Waals surface area (Å²) in [7, 11) is -3.82. The Morgan fingerprint density at radius 2 is 1.90 bits per heavy atom. The van der Waals surface area contributed by atoms with Gasteiger partial charge in [0.2, 0.25) is 10.0 Å². The van der Waals surface area contributed by atoms with E-state index in [-0.39, 0.29) is 30.5 Å². The molecule has 6 heteroatoms. The van der Waals surface area contributed by atoms with Crippen LogP contribution in [-0.2, 0) is 10.0 Å². The van der Waals surface area contributed by atoms with Crippen LogP contribution in [0.1, 0.15) is 0 Å². The lowest BCUT2D eigenvalue weighted by atomic mass is 10.1. The molecule has 0 atom stereocenters. The van der Waals surface area contributed by atoms with Gasteiger partial charge in [-0.3, -0.25) is 0 Å². The second-order valence-corrected chi connectivity index (χ2v) is 6.88. The van der Waals surface area contributed by atoms with E-state index in [0.717, 1.165) is 0 Å². The van der Waals surface area contributed by atoms with Gasteiger partial charge >= 0.3 is 0 Å². The van der Waals surface area contributed by atoms with Crippen LogP contribution in [0.15, 0.2) is 41.3 Å². The summed E-state index contributed by atoms with van der Waals surface area (Å²) in [5.41, 5.74) is 0. The Labute approximate surface area is 116 Å². The fourth-order valence-electron chi connectivity index (χ4n) is 2.39. The molecule has 0 amide bonds. The summed E-state index contributed by atoms with van der Waals surface area (Å²) in [4.78, 5) is -0.299. The molecular weight excluding hydrogens is 281 g/mol. The minimum Gasteiger partial charge on any atom is -0.396 e. The Hall–Kier alpha value is -1.50. The van der Waals surface area contributed by atoms with Crippen molar-refractivity contribution in [3.05, 3.63) is 42.2 Å². The van der Waals surface area contributed by atoms with E-state index >= 15 is 0 Å². The van der Waals surface area contributed by atoms with E-state index in [1.54, 1.807) is 30.3 Å². The predicted octanol–water partition coefficient (Wildman–Crippen LogP) is 1.59. The van der Waals surface area contributed by atoms with Crippen molar-refractivity contribution in [2.75, 3.05) is 19.7 Å². The maximum atomic E-state index is 14.4. The summed E-state index contributed by atoms with van der Waals surface area (Å²) in [6, 6.07) is 9.66. The summed E-state index contributed by atoms with van der Waals surface area (Å²) in [5, 5.41) is 9.91. The van der Waals surface area contributed by atoms with Crippen LogP contribution >= 0.6 is 0 Å². The molecule has 20 heavy (non-hydrogen) atoms. The van der Waals surface area contributed by atoms with Crippen LogP contribution < -0.4 is 0 Å². The predicted molar refractivity (Wildman–Crippen MR) is 73.2 cm³/mol. The van der Waals surface area contributed by atoms with Crippen LogP contribution in [0.4, 0.5) is 4.39 Å². The van der Waals surface area contributed by atoms with Gasteiger partial charge in [-0.25, -0.2) is 12.8 Å². The van der Waals surface area contributed by atoms with Crippen LogP contribution in [0.5, 0.6) is 0 Å². The number of aliphatic hydroxyl groups excluding tert-OH is 1. The smallest absolute Gasteiger partial charge is 0.246 e. The first kappa shape index (κ1) is 13.5. The van der Waals surface area contributed by atoms with Crippen LogP contribution in [-0.4, -0.2) is 37.5 Å². The molecule has 1 fully saturated rings. The van der Waals surface area contributed by atoms with Crippen molar-refractivity contribution >= 4 is 20.8 Å². The molecular formula is C14H14FNO3S. The van der Waals surface area contributed by atoms with Gasteiger partial charge < -0.3 is 5.11 Å². The van der Waals surface area contributed by atoms with Crippen molar-refractivity contribution in [3.8, 4) is 0 Å². The van der Waals surface area contributed by atoms with Crippen LogP contribution in [0, 0.1) is 11.7 Å². The molecule has 2 aromatic carbocycles. The minimum atomic E-state index is -3.82. The van der Waals surface area contributed by atoms with Crippen LogP contribution in [0.2, 0.25) is 0 Å². The van der Waals surface area contributed by atoms with Crippen molar-refractivity contribution in [3.63, 3.8) is 0 Å². The number of aliphatic hydroxyl groups is 1. The molecule has 1 saturated heterocycles. The molecule has 1 heterocycles. The summed E-state index contributed by atoms with van der Waals surface area (Å²) in [5.74, 6) is -0.760. The maximum absolute atomic E-state index is 14.4. The third-order valence-corrected chi connectivity index (χ3v) is 5.48. The van der Waals surface area contributed by atoms with E-state index in [1.165, 1.54) is 10.4 Å². The second kappa shape index (κ2) is 4.80. The fourth-order valence-corrected chi connectivity index (χ4v) is 4.05. The molecule has 106 valence electrons. The molecule has 0 aliphatic carbocycles. The topological polar surface area (TPSA) is 57.6 Å². The first-order valence-corrected chi connectivity index (χ1v) is 7.76. The van der Waals surface area contributed by atoms with Gasteiger partial charge in [-0.1, -0.05) is 30.3 Å². The molecule has 3 rings (SSSR count). The number of benzene rings is 2. The van der Waals surface area contributed by atoms with Gasteiger partial charge in [-0.15, -0.1) is 0 Å². The monoisotopic (exact) mass is 295 g/mol. The maximum Gasteiger partial charge on any atom is 0.246 e. The molecule has 0 radical (unpaired) electrons. The van der Waals surface area contributed by atoms with Crippen molar-refractivity contribution in [2.24, 2.45) is 5.92 Å². The number of sulfonamides is 1. The lowest BCUT2D eigenvalue weighted by Gasteiger charge is -2.37. The van der Waals surface area contributed by atoms with E-state index in [4.69, 9.17) is 5.11 Å². The molecule has 2 aromatic rings. The Balaban J connectivity index is 2.04. The Kier molecular flexibility index (Phi) is 3.24. The van der Waals surface area contributed by atoms with Gasteiger partial charge in [0.25, 0.3) is 0 Å². The highest BCUT2D eigenvalue weighted by molar-refractivity contribution is 7.89. The zero-order valence-electron chi connectivity index (χ0n) is 10.7. The van der Waals surface area contributed by atoms with Crippen LogP contribution in [0.25, 0.3) is 10.8 Å². The highest BCUT2D eigenvalue weighted by Gasteiger charge is 2.37. The van der Waals surface area contributed by atoms with Gasteiger partial charge in [-0.05, 0) is 11.5 Å². The highest BCUT2D eigenvalue weighted by Crippen LogP contribution is 2.29.